The highest BCUT2D eigenvalue weighted by Gasteiger charge is 2.10. The van der Waals surface area contributed by atoms with Crippen molar-refractivity contribution in [2.45, 2.75) is 9.50 Å². The molecule has 0 aliphatic carbocycles. The Morgan fingerprint density at radius 1 is 1.41 bits per heavy atom. The molecule has 0 atom stereocenters. The van der Waals surface area contributed by atoms with E-state index in [4.69, 9.17) is 0 Å². The van der Waals surface area contributed by atoms with Crippen LogP contribution in [-0.4, -0.2) is 32.3 Å². The maximum absolute atomic E-state index is 12.0. The molecule has 1 amide bonds. The maximum Gasteiger partial charge on any atom is 0.236 e. The summed E-state index contributed by atoms with van der Waals surface area (Å²) in [4.78, 5) is 20.7. The van der Waals surface area contributed by atoms with Gasteiger partial charge in [-0.2, -0.15) is 4.37 Å². The number of benzene rings is 1. The Bertz CT molecular complexity index is 818. The van der Waals surface area contributed by atoms with Crippen molar-refractivity contribution in [1.29, 1.82) is 0 Å². The third kappa shape index (κ3) is 3.99. The molecule has 2 aromatic heterocycles. The van der Waals surface area contributed by atoms with Crippen molar-refractivity contribution in [3.63, 3.8) is 0 Å². The largest absolute Gasteiger partial charge is 0.301 e. The van der Waals surface area contributed by atoms with E-state index in [0.717, 1.165) is 24.2 Å². The third-order valence-electron chi connectivity index (χ3n) is 2.49. The van der Waals surface area contributed by atoms with Gasteiger partial charge in [0.15, 0.2) is 9.47 Å². The van der Waals surface area contributed by atoms with Crippen LogP contribution in [0.15, 0.2) is 32.2 Å². The fourth-order valence-corrected chi connectivity index (χ4v) is 5.02. The molecule has 0 fully saturated rings. The quantitative estimate of drug-likeness (QED) is 0.603. The number of thioether (sulfide) groups is 2. The van der Waals surface area contributed by atoms with Gasteiger partial charge in [0.2, 0.25) is 11.1 Å². The minimum Gasteiger partial charge on any atom is -0.301 e. The first-order chi connectivity index (χ1) is 10.6. The lowest BCUT2D eigenvalue weighted by molar-refractivity contribution is -0.113. The zero-order valence-corrected chi connectivity index (χ0v) is 16.1. The fraction of sp³-hybridized carbons (Fsp3) is 0.167. The van der Waals surface area contributed by atoms with Crippen molar-refractivity contribution in [3.8, 4) is 0 Å². The first kappa shape index (κ1) is 16.2. The van der Waals surface area contributed by atoms with Crippen LogP contribution in [-0.2, 0) is 4.79 Å². The molecule has 0 bridgehead atoms. The minimum atomic E-state index is -0.0935. The van der Waals surface area contributed by atoms with E-state index in [2.05, 4.69) is 35.6 Å². The molecule has 1 aromatic carbocycles. The molecule has 114 valence electrons. The average Bonchev–Trinajstić information content (AvgIpc) is 3.10. The smallest absolute Gasteiger partial charge is 0.236 e. The van der Waals surface area contributed by atoms with Crippen molar-refractivity contribution < 1.29 is 4.79 Å². The highest BCUT2D eigenvalue weighted by Crippen LogP contribution is 2.29. The van der Waals surface area contributed by atoms with Crippen molar-refractivity contribution >= 4 is 83.6 Å². The van der Waals surface area contributed by atoms with Crippen LogP contribution in [0.2, 0.25) is 0 Å². The molecule has 0 aliphatic heterocycles. The Balaban J connectivity index is 1.60. The number of carbonyl (C=O) groups excluding carboxylic acids is 1. The van der Waals surface area contributed by atoms with Crippen LogP contribution in [0.4, 0.5) is 5.13 Å². The Morgan fingerprint density at radius 3 is 3.05 bits per heavy atom. The van der Waals surface area contributed by atoms with Gasteiger partial charge in [-0.05, 0) is 36.0 Å². The van der Waals surface area contributed by atoms with Crippen molar-refractivity contribution in [2.75, 3.05) is 17.3 Å². The third-order valence-corrected chi connectivity index (χ3v) is 6.42. The monoisotopic (exact) mass is 432 g/mol. The van der Waals surface area contributed by atoms with E-state index in [9.17, 15) is 4.79 Å². The van der Waals surface area contributed by atoms with E-state index in [1.807, 2.05) is 24.5 Å². The predicted molar refractivity (Wildman–Crippen MR) is 98.4 cm³/mol. The van der Waals surface area contributed by atoms with Gasteiger partial charge in [0.25, 0.3) is 0 Å². The summed E-state index contributed by atoms with van der Waals surface area (Å²) in [6.45, 7) is 0. The number of carbonyl (C=O) groups is 1. The van der Waals surface area contributed by atoms with Crippen LogP contribution in [0, 0.1) is 0 Å². The normalized spacial score (nSPS) is 11.0. The summed E-state index contributed by atoms with van der Waals surface area (Å²) in [7, 11) is 0. The second-order valence-corrected chi connectivity index (χ2v) is 8.71. The van der Waals surface area contributed by atoms with Crippen LogP contribution in [0.1, 0.15) is 0 Å². The van der Waals surface area contributed by atoms with Gasteiger partial charge in [0, 0.05) is 4.47 Å². The first-order valence-electron chi connectivity index (χ1n) is 6.00. The summed E-state index contributed by atoms with van der Waals surface area (Å²) < 4.78 is 6.99. The van der Waals surface area contributed by atoms with E-state index < -0.39 is 0 Å². The second kappa shape index (κ2) is 7.26. The number of nitrogens with one attached hydrogen (secondary N) is 1. The van der Waals surface area contributed by atoms with Crippen molar-refractivity contribution in [1.82, 2.24) is 14.3 Å². The van der Waals surface area contributed by atoms with Gasteiger partial charge in [-0.25, -0.2) is 9.97 Å². The molecule has 2 heterocycles. The number of rotatable bonds is 5. The number of aromatic nitrogens is 3. The summed E-state index contributed by atoms with van der Waals surface area (Å²) in [5.74, 6) is 0.201. The molecule has 0 saturated carbocycles. The molecule has 10 heteroatoms. The SMILES string of the molecule is CSc1nsc(SCC(=O)Nc2nc3ccc(Br)cc3s2)n1. The van der Waals surface area contributed by atoms with Gasteiger partial charge in [-0.3, -0.25) is 4.79 Å². The van der Waals surface area contributed by atoms with Crippen LogP contribution >= 0.6 is 62.3 Å². The molecule has 3 aromatic rings. The summed E-state index contributed by atoms with van der Waals surface area (Å²) in [5.41, 5.74) is 0.880. The Labute approximate surface area is 151 Å². The summed E-state index contributed by atoms with van der Waals surface area (Å²) in [6.07, 6.45) is 1.93. The number of anilines is 1. The van der Waals surface area contributed by atoms with Gasteiger partial charge in [0.05, 0.1) is 16.0 Å². The lowest BCUT2D eigenvalue weighted by Crippen LogP contribution is -2.13. The molecule has 0 unspecified atom stereocenters. The zero-order valence-electron chi connectivity index (χ0n) is 11.2. The number of hydrogen-bond acceptors (Lipinski definition) is 8. The highest BCUT2D eigenvalue weighted by molar-refractivity contribution is 9.10. The summed E-state index contributed by atoms with van der Waals surface area (Å²) in [5, 5.41) is 4.18. The van der Waals surface area contributed by atoms with Gasteiger partial charge in [-0.1, -0.05) is 50.8 Å². The molecule has 3 rings (SSSR count). The molecule has 5 nitrogen and oxygen atoms in total. The molecule has 0 saturated heterocycles. The topological polar surface area (TPSA) is 67.8 Å². The highest BCUT2D eigenvalue weighted by atomic mass is 79.9. The predicted octanol–water partition coefficient (Wildman–Crippen LogP) is 4.36. The lowest BCUT2D eigenvalue weighted by atomic mass is 10.3. The van der Waals surface area contributed by atoms with Crippen molar-refractivity contribution in [3.05, 3.63) is 22.7 Å². The minimum absolute atomic E-state index is 0.0935. The molecule has 0 spiro atoms. The second-order valence-electron chi connectivity index (χ2n) is 4.01. The Morgan fingerprint density at radius 2 is 2.27 bits per heavy atom. The number of halogens is 1. The Hall–Kier alpha value is -0.680. The molecular formula is C12H9BrN4OS4. The molecule has 0 radical (unpaired) electrons. The van der Waals surface area contributed by atoms with E-state index in [-0.39, 0.29) is 5.91 Å². The van der Waals surface area contributed by atoms with E-state index in [1.54, 1.807) is 0 Å². The molecular weight excluding hydrogens is 424 g/mol. The van der Waals surface area contributed by atoms with Gasteiger partial charge in [0.1, 0.15) is 0 Å². The van der Waals surface area contributed by atoms with E-state index in [1.165, 1.54) is 46.4 Å². The maximum atomic E-state index is 12.0. The van der Waals surface area contributed by atoms with E-state index >= 15 is 0 Å². The number of hydrogen-bond donors (Lipinski definition) is 1. The van der Waals surface area contributed by atoms with E-state index in [0.29, 0.717) is 10.9 Å². The molecule has 1 N–H and O–H groups in total. The first-order valence-corrected chi connectivity index (χ1v) is 10.6. The zero-order chi connectivity index (χ0) is 15.5. The van der Waals surface area contributed by atoms with Gasteiger partial charge in [-0.15, -0.1) is 0 Å². The number of amides is 1. The van der Waals surface area contributed by atoms with Crippen LogP contribution in [0.5, 0.6) is 0 Å². The van der Waals surface area contributed by atoms with Crippen molar-refractivity contribution in [2.24, 2.45) is 0 Å². The van der Waals surface area contributed by atoms with Gasteiger partial charge < -0.3 is 5.32 Å². The average molecular weight is 433 g/mol. The standard InChI is InChI=1S/C12H9BrN4OS4/c1-19-11-16-12(22-17-11)20-5-9(18)15-10-14-7-3-2-6(13)4-8(7)21-10/h2-4H,5H2,1H3,(H,14,15,18). The van der Waals surface area contributed by atoms with Gasteiger partial charge >= 0.3 is 0 Å². The fourth-order valence-electron chi connectivity index (χ4n) is 1.57. The Kier molecular flexibility index (Phi) is 5.34. The number of fused-ring (bicyclic) bond motifs is 1. The van der Waals surface area contributed by atoms with Crippen LogP contribution in [0.3, 0.4) is 0 Å². The van der Waals surface area contributed by atoms with Crippen LogP contribution < -0.4 is 5.32 Å². The number of thiazole rings is 1. The number of nitrogens with zero attached hydrogens (tertiary/aromatic N) is 3. The summed E-state index contributed by atoms with van der Waals surface area (Å²) >= 11 is 9.07. The summed E-state index contributed by atoms with van der Waals surface area (Å²) in [6, 6.07) is 5.84. The molecule has 0 aliphatic rings. The molecule has 22 heavy (non-hydrogen) atoms. The van der Waals surface area contributed by atoms with Crippen LogP contribution in [0.25, 0.3) is 10.2 Å². The lowest BCUT2D eigenvalue weighted by Gasteiger charge is -1.98.